The number of likely N-dealkylation sites (tertiary alicyclic amines) is 1. The Bertz CT molecular complexity index is 1090. The molecule has 1 aliphatic heterocycles. The minimum atomic E-state index is -0.589. The normalized spacial score (nSPS) is 18.7. The molecule has 0 aliphatic carbocycles. The summed E-state index contributed by atoms with van der Waals surface area (Å²) in [5, 5.41) is 4.01. The van der Waals surface area contributed by atoms with Crippen LogP contribution in [-0.2, 0) is 9.53 Å². The minimum Gasteiger partial charge on any atom is -0.444 e. The second-order valence-electron chi connectivity index (χ2n) is 8.88. The van der Waals surface area contributed by atoms with Gasteiger partial charge in [0.25, 0.3) is 0 Å². The molecule has 31 heavy (non-hydrogen) atoms. The van der Waals surface area contributed by atoms with Crippen molar-refractivity contribution >= 4 is 28.6 Å². The van der Waals surface area contributed by atoms with E-state index in [0.717, 1.165) is 16.5 Å². The monoisotopic (exact) mass is 417 g/mol. The summed E-state index contributed by atoms with van der Waals surface area (Å²) >= 11 is 0. The van der Waals surface area contributed by atoms with E-state index in [9.17, 15) is 9.59 Å². The minimum absolute atomic E-state index is 0.114. The molecule has 160 valence electrons. The molecule has 1 saturated heterocycles. The maximum atomic E-state index is 13.4. The van der Waals surface area contributed by atoms with Crippen LogP contribution in [0.4, 0.5) is 10.5 Å². The smallest absolute Gasteiger partial charge is 0.410 e. The number of rotatable bonds is 3. The summed E-state index contributed by atoms with van der Waals surface area (Å²) < 4.78 is 5.56. The topological polar surface area (TPSA) is 71.5 Å². The van der Waals surface area contributed by atoms with E-state index in [1.165, 1.54) is 0 Å². The van der Waals surface area contributed by atoms with Gasteiger partial charge in [-0.3, -0.25) is 9.78 Å². The summed E-state index contributed by atoms with van der Waals surface area (Å²) in [4.78, 5) is 32.1. The predicted octanol–water partition coefficient (Wildman–Crippen LogP) is 4.82. The third kappa shape index (κ3) is 4.68. The molecule has 0 unspecified atom stereocenters. The van der Waals surface area contributed by atoms with Crippen LogP contribution in [0.3, 0.4) is 0 Å². The number of ether oxygens (including phenoxy) is 1. The molecule has 0 spiro atoms. The summed E-state index contributed by atoms with van der Waals surface area (Å²) in [6.45, 7) is 6.26. The number of para-hydroxylation sites is 1. The number of nitrogens with zero attached hydrogens (tertiary/aromatic N) is 2. The number of fused-ring (bicyclic) bond motifs is 1. The van der Waals surface area contributed by atoms with E-state index in [4.69, 9.17) is 4.74 Å². The van der Waals surface area contributed by atoms with Gasteiger partial charge in [0.1, 0.15) is 5.60 Å². The zero-order valence-corrected chi connectivity index (χ0v) is 18.0. The summed E-state index contributed by atoms with van der Waals surface area (Å²) in [7, 11) is 0. The van der Waals surface area contributed by atoms with Crippen molar-refractivity contribution < 1.29 is 14.3 Å². The Labute approximate surface area is 182 Å². The zero-order chi connectivity index (χ0) is 22.0. The van der Waals surface area contributed by atoms with Gasteiger partial charge in [0, 0.05) is 30.6 Å². The van der Waals surface area contributed by atoms with Gasteiger partial charge in [-0.15, -0.1) is 0 Å². The predicted molar refractivity (Wildman–Crippen MR) is 121 cm³/mol. The number of pyridine rings is 1. The maximum absolute atomic E-state index is 13.4. The quantitative estimate of drug-likeness (QED) is 0.663. The molecule has 6 heteroatoms. The summed E-state index contributed by atoms with van der Waals surface area (Å²) in [5.74, 6) is -0.636. The Kier molecular flexibility index (Phi) is 5.63. The lowest BCUT2D eigenvalue weighted by molar-refractivity contribution is -0.119. The highest BCUT2D eigenvalue weighted by Gasteiger charge is 2.41. The van der Waals surface area contributed by atoms with Crippen molar-refractivity contribution in [1.29, 1.82) is 0 Å². The van der Waals surface area contributed by atoms with Crippen LogP contribution in [-0.4, -0.2) is 40.6 Å². The van der Waals surface area contributed by atoms with Gasteiger partial charge in [-0.1, -0.05) is 48.5 Å². The highest BCUT2D eigenvalue weighted by Crippen LogP contribution is 2.35. The SMILES string of the molecule is CC(C)(C)OC(=O)N1C[C@H](C(=O)Nc2cccc3cccnc23)[C@H](c2ccccc2)C1. The summed E-state index contributed by atoms with van der Waals surface area (Å²) in [6.07, 6.45) is 1.32. The summed E-state index contributed by atoms with van der Waals surface area (Å²) in [5.41, 5.74) is 1.86. The largest absolute Gasteiger partial charge is 0.444 e. The van der Waals surface area contributed by atoms with Crippen LogP contribution >= 0.6 is 0 Å². The first kappa shape index (κ1) is 20.8. The fourth-order valence-electron chi connectivity index (χ4n) is 4.01. The van der Waals surface area contributed by atoms with Gasteiger partial charge in [-0.2, -0.15) is 0 Å². The number of carbonyl (C=O) groups is 2. The Morgan fingerprint density at radius 1 is 1.00 bits per heavy atom. The first-order chi connectivity index (χ1) is 14.8. The lowest BCUT2D eigenvalue weighted by Crippen LogP contribution is -2.36. The molecule has 6 nitrogen and oxygen atoms in total. The van der Waals surface area contributed by atoms with Gasteiger partial charge in [-0.25, -0.2) is 4.79 Å². The molecule has 3 aromatic rings. The van der Waals surface area contributed by atoms with Crippen LogP contribution in [0.25, 0.3) is 10.9 Å². The number of benzene rings is 2. The van der Waals surface area contributed by atoms with E-state index >= 15 is 0 Å². The van der Waals surface area contributed by atoms with E-state index in [1.807, 2.05) is 81.4 Å². The van der Waals surface area contributed by atoms with Crippen molar-refractivity contribution in [2.24, 2.45) is 5.92 Å². The standard InChI is InChI=1S/C25H27N3O3/c1-25(2,3)31-24(30)28-15-19(17-9-5-4-6-10-17)20(16-28)23(29)27-21-13-7-11-18-12-8-14-26-22(18)21/h4-14,19-20H,15-16H2,1-3H3,(H,27,29)/t19-,20-/m0/s1. The van der Waals surface area contributed by atoms with Crippen LogP contribution in [0.2, 0.25) is 0 Å². The number of aromatic nitrogens is 1. The average molecular weight is 418 g/mol. The Hall–Kier alpha value is -3.41. The highest BCUT2D eigenvalue weighted by molar-refractivity contribution is 6.01. The number of hydrogen-bond donors (Lipinski definition) is 1. The first-order valence-electron chi connectivity index (χ1n) is 10.5. The Morgan fingerprint density at radius 3 is 2.48 bits per heavy atom. The van der Waals surface area contributed by atoms with Crippen molar-refractivity contribution in [3.05, 3.63) is 72.4 Å². The molecule has 0 bridgehead atoms. The van der Waals surface area contributed by atoms with Crippen molar-refractivity contribution in [2.45, 2.75) is 32.3 Å². The van der Waals surface area contributed by atoms with Gasteiger partial charge in [-0.05, 0) is 38.5 Å². The third-order valence-corrected chi connectivity index (χ3v) is 5.43. The van der Waals surface area contributed by atoms with Crippen LogP contribution in [0, 0.1) is 5.92 Å². The second kappa shape index (κ2) is 8.38. The van der Waals surface area contributed by atoms with E-state index in [1.54, 1.807) is 11.1 Å². The molecule has 2 atom stereocenters. The molecule has 2 heterocycles. The van der Waals surface area contributed by atoms with Crippen molar-refractivity contribution in [3.63, 3.8) is 0 Å². The van der Waals surface area contributed by atoms with Crippen molar-refractivity contribution in [1.82, 2.24) is 9.88 Å². The Morgan fingerprint density at radius 2 is 1.74 bits per heavy atom. The maximum Gasteiger partial charge on any atom is 0.410 e. The van der Waals surface area contributed by atoms with E-state index in [-0.39, 0.29) is 11.8 Å². The average Bonchev–Trinajstić information content (AvgIpc) is 3.19. The molecule has 1 N–H and O–H groups in total. The van der Waals surface area contributed by atoms with Crippen molar-refractivity contribution in [3.8, 4) is 0 Å². The number of carbonyl (C=O) groups excluding carboxylic acids is 2. The van der Waals surface area contributed by atoms with Crippen LogP contribution in [0.15, 0.2) is 66.9 Å². The molecule has 0 saturated carbocycles. The van der Waals surface area contributed by atoms with Gasteiger partial charge in [0.05, 0.1) is 17.1 Å². The molecular weight excluding hydrogens is 390 g/mol. The molecule has 1 aromatic heterocycles. The highest BCUT2D eigenvalue weighted by atomic mass is 16.6. The summed E-state index contributed by atoms with van der Waals surface area (Å²) in [6, 6.07) is 19.4. The lowest BCUT2D eigenvalue weighted by atomic mass is 9.88. The third-order valence-electron chi connectivity index (χ3n) is 5.43. The molecule has 1 aliphatic rings. The number of anilines is 1. The second-order valence-corrected chi connectivity index (χ2v) is 8.88. The van der Waals surface area contributed by atoms with Crippen molar-refractivity contribution in [2.75, 3.05) is 18.4 Å². The van der Waals surface area contributed by atoms with Gasteiger partial charge in [0.15, 0.2) is 0 Å². The van der Waals surface area contributed by atoms with Crippen LogP contribution in [0.1, 0.15) is 32.3 Å². The molecule has 4 rings (SSSR count). The van der Waals surface area contributed by atoms with Crippen LogP contribution in [0.5, 0.6) is 0 Å². The Balaban J connectivity index is 1.60. The van der Waals surface area contributed by atoms with E-state index in [0.29, 0.717) is 18.8 Å². The fraction of sp³-hybridized carbons (Fsp3) is 0.320. The van der Waals surface area contributed by atoms with E-state index in [2.05, 4.69) is 10.3 Å². The molecule has 1 fully saturated rings. The van der Waals surface area contributed by atoms with E-state index < -0.39 is 17.6 Å². The first-order valence-corrected chi connectivity index (χ1v) is 10.5. The van der Waals surface area contributed by atoms with Crippen LogP contribution < -0.4 is 5.32 Å². The number of nitrogens with one attached hydrogen (secondary N) is 1. The van der Waals surface area contributed by atoms with Gasteiger partial charge >= 0.3 is 6.09 Å². The molecule has 2 amide bonds. The number of amides is 2. The van der Waals surface area contributed by atoms with Gasteiger partial charge in [0.2, 0.25) is 5.91 Å². The molecule has 0 radical (unpaired) electrons. The molecular formula is C25H27N3O3. The van der Waals surface area contributed by atoms with Gasteiger partial charge < -0.3 is 15.0 Å². The zero-order valence-electron chi connectivity index (χ0n) is 18.0. The fourth-order valence-corrected chi connectivity index (χ4v) is 4.01. The molecule has 2 aromatic carbocycles. The number of hydrogen-bond acceptors (Lipinski definition) is 4. The lowest BCUT2D eigenvalue weighted by Gasteiger charge is -2.24.